The number of hydrogen-bond acceptors (Lipinski definition) is 0. The van der Waals surface area contributed by atoms with E-state index in [0.29, 0.717) is 0 Å². The molecule has 0 unspecified atom stereocenters. The van der Waals surface area contributed by atoms with Gasteiger partial charge in [-0.25, -0.2) is 0 Å². The van der Waals surface area contributed by atoms with E-state index < -0.39 is 13.5 Å². The first-order valence-electron chi connectivity index (χ1n) is 3.85. The van der Waals surface area contributed by atoms with Crippen molar-refractivity contribution in [1.82, 2.24) is 0 Å². The topological polar surface area (TPSA) is 0 Å². The van der Waals surface area contributed by atoms with Gasteiger partial charge in [-0.1, -0.05) is 0 Å². The fraction of sp³-hybridized carbons (Fsp3) is 0.750. The van der Waals surface area contributed by atoms with Gasteiger partial charge in [0.1, 0.15) is 0 Å². The summed E-state index contributed by atoms with van der Waals surface area (Å²) in [7, 11) is 11.2. The van der Waals surface area contributed by atoms with Gasteiger partial charge in [-0.2, -0.15) is 0 Å². The Morgan fingerprint density at radius 3 is 2.55 bits per heavy atom. The molecule has 0 rings (SSSR count). The summed E-state index contributed by atoms with van der Waals surface area (Å²) in [5.74, 6) is 0. The molecule has 0 aliphatic heterocycles. The van der Waals surface area contributed by atoms with Gasteiger partial charge in [0, 0.05) is 0 Å². The van der Waals surface area contributed by atoms with Crippen molar-refractivity contribution in [2.24, 2.45) is 0 Å². The molecule has 0 aromatic rings. The van der Waals surface area contributed by atoms with E-state index in [1.165, 1.54) is 25.7 Å². The standard InChI is InChI=1S/C8H14.2ClH.Ru/c1-3-5-7-8-6-4-2;;;/h4H,3,5-8H2,1H3;2*1H;/q;;;+2/p-2. The molecule has 0 saturated carbocycles. The molecule has 0 aliphatic rings. The van der Waals surface area contributed by atoms with Crippen LogP contribution in [-0.4, -0.2) is 4.26 Å². The Morgan fingerprint density at radius 2 is 2.00 bits per heavy atom. The Balaban J connectivity index is 3.21. The number of hydrogen-bond donors (Lipinski definition) is 0. The van der Waals surface area contributed by atoms with Crippen molar-refractivity contribution in [1.29, 1.82) is 0 Å². The summed E-state index contributed by atoms with van der Waals surface area (Å²) in [6, 6.07) is 0. The van der Waals surface area contributed by atoms with Crippen LogP contribution in [0.2, 0.25) is 0 Å². The summed E-state index contributed by atoms with van der Waals surface area (Å²) in [4.78, 5) is 0. The number of unbranched alkanes of at least 4 members (excludes halogenated alkanes) is 4. The van der Waals surface area contributed by atoms with Crippen molar-refractivity contribution < 1.29 is 13.5 Å². The van der Waals surface area contributed by atoms with Gasteiger partial charge in [-0.05, 0) is 0 Å². The van der Waals surface area contributed by atoms with Crippen LogP contribution in [0.3, 0.4) is 0 Å². The van der Waals surface area contributed by atoms with Crippen LogP contribution >= 0.6 is 19.4 Å². The summed E-state index contributed by atoms with van der Waals surface area (Å²) in [5, 5.41) is 0. The van der Waals surface area contributed by atoms with Gasteiger partial charge in [0.15, 0.2) is 0 Å². The van der Waals surface area contributed by atoms with Gasteiger partial charge in [-0.3, -0.25) is 0 Å². The average Bonchev–Trinajstić information content (AvgIpc) is 1.96. The van der Waals surface area contributed by atoms with E-state index in [4.69, 9.17) is 19.4 Å². The molecular formula is C8H14Cl2Ru. The zero-order chi connectivity index (χ0) is 8.53. The number of halogens is 2. The maximum absolute atomic E-state index is 5.58. The van der Waals surface area contributed by atoms with Crippen LogP contribution in [0.4, 0.5) is 0 Å². The van der Waals surface area contributed by atoms with E-state index in [0.717, 1.165) is 6.42 Å². The van der Waals surface area contributed by atoms with Gasteiger partial charge in [0.05, 0.1) is 0 Å². The second kappa shape index (κ2) is 8.95. The maximum atomic E-state index is 5.58. The number of rotatable bonds is 5. The van der Waals surface area contributed by atoms with Crippen LogP contribution in [0, 0.1) is 0 Å². The molecule has 0 radical (unpaired) electrons. The number of allylic oxidation sites excluding steroid dienone is 1. The summed E-state index contributed by atoms with van der Waals surface area (Å²) in [6.45, 7) is 2.21. The molecule has 0 spiro atoms. The summed E-state index contributed by atoms with van der Waals surface area (Å²) < 4.78 is 2.97. The van der Waals surface area contributed by atoms with Gasteiger partial charge in [0.2, 0.25) is 0 Å². The third kappa shape index (κ3) is 10.9. The van der Waals surface area contributed by atoms with Crippen LogP contribution in [0.5, 0.6) is 0 Å². The quantitative estimate of drug-likeness (QED) is 0.531. The second-order valence-electron chi connectivity index (χ2n) is 2.34. The normalized spacial score (nSPS) is 10.6. The molecule has 0 fully saturated rings. The molecule has 0 amide bonds. The van der Waals surface area contributed by atoms with Crippen molar-refractivity contribution in [3.05, 3.63) is 6.08 Å². The van der Waals surface area contributed by atoms with Crippen molar-refractivity contribution >= 4 is 23.6 Å². The third-order valence-corrected chi connectivity index (χ3v) is 3.00. The molecule has 0 aliphatic carbocycles. The predicted octanol–water partition coefficient (Wildman–Crippen LogP) is 3.84. The van der Waals surface area contributed by atoms with Crippen molar-refractivity contribution in [3.8, 4) is 0 Å². The first-order valence-corrected chi connectivity index (χ1v) is 9.19. The summed E-state index contributed by atoms with van der Waals surface area (Å²) in [5.41, 5.74) is 0. The Hall–Kier alpha value is 0.853. The first kappa shape index (κ1) is 11.9. The molecule has 0 atom stereocenters. The van der Waals surface area contributed by atoms with E-state index in [1.807, 2.05) is 6.08 Å². The Morgan fingerprint density at radius 1 is 1.27 bits per heavy atom. The zero-order valence-electron chi connectivity index (χ0n) is 6.72. The Kier molecular flexibility index (Phi) is 9.64. The first-order chi connectivity index (χ1) is 5.27. The van der Waals surface area contributed by atoms with Gasteiger partial charge < -0.3 is 0 Å². The van der Waals surface area contributed by atoms with Crippen molar-refractivity contribution in [2.45, 2.75) is 39.0 Å². The second-order valence-corrected chi connectivity index (χ2v) is 7.72. The molecule has 0 nitrogen and oxygen atoms in total. The van der Waals surface area contributed by atoms with Crippen LogP contribution in [0.1, 0.15) is 39.0 Å². The van der Waals surface area contributed by atoms with Gasteiger partial charge >= 0.3 is 82.3 Å². The van der Waals surface area contributed by atoms with E-state index in [1.54, 1.807) is 0 Å². The molecule has 11 heavy (non-hydrogen) atoms. The zero-order valence-corrected chi connectivity index (χ0v) is 9.97. The van der Waals surface area contributed by atoms with Gasteiger partial charge in [0.25, 0.3) is 0 Å². The SMILES string of the molecule is CCCCCCC=[C]=[Ru]([Cl])[Cl]. The van der Waals surface area contributed by atoms with Gasteiger partial charge in [-0.15, -0.1) is 0 Å². The van der Waals surface area contributed by atoms with E-state index in [-0.39, 0.29) is 0 Å². The van der Waals surface area contributed by atoms with Crippen molar-refractivity contribution in [3.63, 3.8) is 0 Å². The molecule has 0 N–H and O–H groups in total. The van der Waals surface area contributed by atoms with Crippen LogP contribution in [0.15, 0.2) is 6.08 Å². The van der Waals surface area contributed by atoms with E-state index in [2.05, 4.69) is 11.2 Å². The van der Waals surface area contributed by atoms with Crippen LogP contribution in [0.25, 0.3) is 0 Å². The fourth-order valence-corrected chi connectivity index (χ4v) is 1.94. The summed E-state index contributed by atoms with van der Waals surface area (Å²) >= 11 is -1.63. The third-order valence-electron chi connectivity index (χ3n) is 1.35. The minimum atomic E-state index is -1.63. The van der Waals surface area contributed by atoms with E-state index in [9.17, 15) is 0 Å². The summed E-state index contributed by atoms with van der Waals surface area (Å²) in [6.07, 6.45) is 8.26. The van der Waals surface area contributed by atoms with Crippen molar-refractivity contribution in [2.75, 3.05) is 0 Å². The molecular weight excluding hydrogens is 268 g/mol. The molecule has 0 aromatic heterocycles. The monoisotopic (exact) mass is 282 g/mol. The molecule has 0 saturated heterocycles. The molecule has 68 valence electrons. The molecule has 0 bridgehead atoms. The van der Waals surface area contributed by atoms with Crippen LogP contribution < -0.4 is 0 Å². The Labute approximate surface area is 82.1 Å². The molecule has 0 heterocycles. The van der Waals surface area contributed by atoms with E-state index >= 15 is 0 Å². The Bertz CT molecular complexity index is 144. The predicted molar refractivity (Wildman–Crippen MR) is 50.0 cm³/mol. The average molecular weight is 282 g/mol. The van der Waals surface area contributed by atoms with Crippen LogP contribution in [-0.2, 0) is 13.5 Å². The molecule has 3 heteroatoms. The minimum absolute atomic E-state index is 1.09. The molecule has 0 aromatic carbocycles. The fourth-order valence-electron chi connectivity index (χ4n) is 0.779.